The molecular weight excluding hydrogens is 586 g/mol. The van der Waals surface area contributed by atoms with Crippen LogP contribution in [0.15, 0.2) is 48.6 Å². The zero-order chi connectivity index (χ0) is 33.1. The Hall–Kier alpha value is -2.78. The summed E-state index contributed by atoms with van der Waals surface area (Å²) in [5.41, 5.74) is 0.226. The molecule has 2 fully saturated rings. The lowest BCUT2D eigenvalue weighted by atomic mass is 9.74. The van der Waals surface area contributed by atoms with Crippen molar-refractivity contribution in [2.75, 3.05) is 31.2 Å². The molecule has 2 saturated heterocycles. The van der Waals surface area contributed by atoms with Crippen LogP contribution < -0.4 is 9.64 Å². The maximum atomic E-state index is 15.0. The molecule has 0 aromatic heterocycles. The van der Waals surface area contributed by atoms with Gasteiger partial charge in [-0.15, -0.1) is 11.8 Å². The number of fused-ring (bicyclic) bond motifs is 2. The quantitative estimate of drug-likeness (QED) is 0.389. The van der Waals surface area contributed by atoms with E-state index >= 15 is 0 Å². The van der Waals surface area contributed by atoms with Crippen LogP contribution in [0.1, 0.15) is 68.7 Å². The number of hydrogen-bond acceptors (Lipinski definition) is 6. The van der Waals surface area contributed by atoms with Gasteiger partial charge in [0, 0.05) is 29.1 Å². The fourth-order valence-electron chi connectivity index (χ4n) is 8.50. The zero-order valence-electron chi connectivity index (χ0n) is 28.4. The van der Waals surface area contributed by atoms with Crippen molar-refractivity contribution in [3.8, 4) is 5.75 Å². The van der Waals surface area contributed by atoms with E-state index in [-0.39, 0.29) is 35.7 Å². The van der Waals surface area contributed by atoms with E-state index < -0.39 is 39.0 Å². The zero-order valence-corrected chi connectivity index (χ0v) is 29.2. The number of rotatable bonds is 8. The fourth-order valence-corrected chi connectivity index (χ4v) is 10.6. The highest BCUT2D eigenvalue weighted by molar-refractivity contribution is 8.02. The third kappa shape index (κ3) is 5.62. The summed E-state index contributed by atoms with van der Waals surface area (Å²) < 4.78 is 3.94. The second kappa shape index (κ2) is 11.8. The minimum Gasteiger partial charge on any atom is -0.494 e. The van der Waals surface area contributed by atoms with Crippen LogP contribution in [0.5, 0.6) is 5.75 Å². The third-order valence-corrected chi connectivity index (χ3v) is 11.8. The summed E-state index contributed by atoms with van der Waals surface area (Å²) in [7, 11) is 0. The summed E-state index contributed by atoms with van der Waals surface area (Å²) in [6, 6.07) is 6.08. The number of likely N-dealkylation sites (tertiary alicyclic amines) is 1. The molecule has 1 aromatic rings. The van der Waals surface area contributed by atoms with Gasteiger partial charge in [-0.25, -0.2) is 0 Å². The second-order valence-corrected chi connectivity index (χ2v) is 17.2. The minimum absolute atomic E-state index is 0.0267. The molecule has 9 heteroatoms. The topological polar surface area (TPSA) is 90.4 Å². The molecule has 0 radical (unpaired) electrons. The van der Waals surface area contributed by atoms with Gasteiger partial charge in [0.05, 0.1) is 35.8 Å². The van der Waals surface area contributed by atoms with E-state index in [0.29, 0.717) is 19.7 Å². The molecule has 0 bridgehead atoms. The van der Waals surface area contributed by atoms with E-state index in [0.717, 1.165) is 17.9 Å². The molecule has 4 aliphatic heterocycles. The van der Waals surface area contributed by atoms with Gasteiger partial charge < -0.3 is 24.5 Å². The lowest BCUT2D eigenvalue weighted by Gasteiger charge is -2.46. The molecule has 5 rings (SSSR count). The largest absolute Gasteiger partial charge is 0.494 e. The third-order valence-electron chi connectivity index (χ3n) is 9.96. The second-order valence-electron chi connectivity index (χ2n) is 15.4. The molecule has 3 amide bonds. The van der Waals surface area contributed by atoms with Crippen molar-refractivity contribution in [1.29, 1.82) is 0 Å². The number of carbonyl (C=O) groups is 3. The molecule has 1 spiro atoms. The first kappa shape index (κ1) is 33.6. The standard InChI is InChI=1S/C36H51N3O5S/c1-10-44-25-15-13-24(14-16-25)37-19-11-17-35(9)27(30(37)41)28-31(42)39(26(21-40)23(2)3)29-32(43)38(20-12-18-36(28,29)45-35)34(7,8)22-33(4,5)6/h11-18,23,26-29,40H,10,19-22H2,1-9H3/t26-,27-,28-,29?,35+,36-/m0/s1. The first-order valence-electron chi connectivity index (χ1n) is 16.4. The number of benzene rings is 1. The normalized spacial score (nSPS) is 30.8. The fraction of sp³-hybridized carbons (Fsp3) is 0.639. The number of thioether (sulfide) groups is 1. The summed E-state index contributed by atoms with van der Waals surface area (Å²) in [4.78, 5) is 50.0. The van der Waals surface area contributed by atoms with Crippen molar-refractivity contribution < 1.29 is 24.2 Å². The highest BCUT2D eigenvalue weighted by Crippen LogP contribution is 2.66. The van der Waals surface area contributed by atoms with E-state index in [1.165, 1.54) is 0 Å². The van der Waals surface area contributed by atoms with Crippen LogP contribution >= 0.6 is 11.8 Å². The monoisotopic (exact) mass is 637 g/mol. The molecule has 8 nitrogen and oxygen atoms in total. The van der Waals surface area contributed by atoms with Crippen LogP contribution in [-0.2, 0) is 14.4 Å². The van der Waals surface area contributed by atoms with Crippen molar-refractivity contribution in [2.45, 2.75) is 95.9 Å². The molecule has 1 unspecified atom stereocenters. The predicted molar refractivity (Wildman–Crippen MR) is 180 cm³/mol. The average molecular weight is 638 g/mol. The van der Waals surface area contributed by atoms with Gasteiger partial charge in [-0.2, -0.15) is 0 Å². The molecule has 4 aliphatic rings. The van der Waals surface area contributed by atoms with E-state index in [9.17, 15) is 19.5 Å². The molecule has 45 heavy (non-hydrogen) atoms. The maximum Gasteiger partial charge on any atom is 0.247 e. The van der Waals surface area contributed by atoms with E-state index in [1.54, 1.807) is 21.6 Å². The minimum atomic E-state index is -0.968. The van der Waals surface area contributed by atoms with Crippen molar-refractivity contribution in [3.05, 3.63) is 48.6 Å². The number of ether oxygens (including phenoxy) is 1. The van der Waals surface area contributed by atoms with Gasteiger partial charge >= 0.3 is 0 Å². The number of aliphatic hydroxyl groups is 1. The lowest BCUT2D eigenvalue weighted by molar-refractivity contribution is -0.150. The summed E-state index contributed by atoms with van der Waals surface area (Å²) in [5, 5.41) is 10.7. The first-order valence-corrected chi connectivity index (χ1v) is 17.2. The van der Waals surface area contributed by atoms with Crippen LogP contribution in [0.3, 0.4) is 0 Å². The van der Waals surface area contributed by atoms with Gasteiger partial charge in [-0.3, -0.25) is 14.4 Å². The number of hydrogen-bond donors (Lipinski definition) is 1. The van der Waals surface area contributed by atoms with E-state index in [1.807, 2.05) is 69.0 Å². The highest BCUT2D eigenvalue weighted by Gasteiger charge is 2.75. The Kier molecular flexibility index (Phi) is 8.79. The maximum absolute atomic E-state index is 15.0. The van der Waals surface area contributed by atoms with Gasteiger partial charge in [0.15, 0.2) is 0 Å². The summed E-state index contributed by atoms with van der Waals surface area (Å²) in [6.07, 6.45) is 8.97. The number of nitrogens with zero attached hydrogens (tertiary/aromatic N) is 3. The Balaban J connectivity index is 1.63. The van der Waals surface area contributed by atoms with Crippen molar-refractivity contribution in [3.63, 3.8) is 0 Å². The van der Waals surface area contributed by atoms with Gasteiger partial charge in [0.2, 0.25) is 17.7 Å². The smallest absolute Gasteiger partial charge is 0.247 e. The Labute approximate surface area is 273 Å². The van der Waals surface area contributed by atoms with Crippen molar-refractivity contribution >= 4 is 35.2 Å². The van der Waals surface area contributed by atoms with Crippen LogP contribution in [-0.4, -0.2) is 86.0 Å². The average Bonchev–Trinajstić information content (AvgIpc) is 3.19. The molecule has 1 N–H and O–H groups in total. The Bertz CT molecular complexity index is 1380. The van der Waals surface area contributed by atoms with E-state index in [2.05, 4.69) is 46.8 Å². The summed E-state index contributed by atoms with van der Waals surface area (Å²) in [5.74, 6) is -1.30. The molecule has 4 heterocycles. The van der Waals surface area contributed by atoms with Crippen molar-refractivity contribution in [1.82, 2.24) is 9.80 Å². The lowest BCUT2D eigenvalue weighted by Crippen LogP contribution is -2.61. The first-order chi connectivity index (χ1) is 21.0. The van der Waals surface area contributed by atoms with Gasteiger partial charge in [-0.1, -0.05) is 58.9 Å². The summed E-state index contributed by atoms with van der Waals surface area (Å²) >= 11 is 1.58. The predicted octanol–water partition coefficient (Wildman–Crippen LogP) is 5.31. The Morgan fingerprint density at radius 3 is 2.18 bits per heavy atom. The Morgan fingerprint density at radius 2 is 1.60 bits per heavy atom. The molecule has 6 atom stereocenters. The van der Waals surface area contributed by atoms with E-state index in [4.69, 9.17) is 4.74 Å². The summed E-state index contributed by atoms with van der Waals surface area (Å²) in [6.45, 7) is 19.7. The number of amides is 3. The van der Waals surface area contributed by atoms with Gasteiger partial charge in [-0.05, 0) is 69.7 Å². The van der Waals surface area contributed by atoms with Crippen LogP contribution in [0.4, 0.5) is 5.69 Å². The van der Waals surface area contributed by atoms with Gasteiger partial charge in [0.1, 0.15) is 11.8 Å². The molecule has 0 saturated carbocycles. The number of anilines is 1. The molecule has 1 aromatic carbocycles. The molecule has 246 valence electrons. The number of aliphatic hydroxyl groups excluding tert-OH is 1. The number of carbonyl (C=O) groups excluding carboxylic acids is 3. The SMILES string of the molecule is CCOc1ccc(N2CC=C[C@@]3(C)S[C@]45C=CCN(C(C)(C)CC(C)(C)C)C(=O)C4N([C@@H](CO)C(C)C)C(=O)[C@@H]5[C@H]3C2=O)cc1. The van der Waals surface area contributed by atoms with Crippen molar-refractivity contribution in [2.24, 2.45) is 23.2 Å². The van der Waals surface area contributed by atoms with Crippen LogP contribution in [0, 0.1) is 23.2 Å². The molecule has 0 aliphatic carbocycles. The van der Waals surface area contributed by atoms with Crippen LogP contribution in [0.25, 0.3) is 0 Å². The molecular formula is C36H51N3O5S. The Morgan fingerprint density at radius 1 is 0.956 bits per heavy atom. The highest BCUT2D eigenvalue weighted by atomic mass is 32.2. The van der Waals surface area contributed by atoms with Gasteiger partial charge in [0.25, 0.3) is 0 Å². The van der Waals surface area contributed by atoms with Crippen LogP contribution in [0.2, 0.25) is 0 Å².